The van der Waals surface area contributed by atoms with Crippen molar-refractivity contribution < 1.29 is 29.4 Å². The highest BCUT2D eigenvalue weighted by Crippen LogP contribution is 2.21. The molecular weight excluding hydrogens is 612 g/mol. The van der Waals surface area contributed by atoms with Crippen LogP contribution in [0.25, 0.3) is 21.8 Å². The predicted octanol–water partition coefficient (Wildman–Crippen LogP) is 2.67. The summed E-state index contributed by atoms with van der Waals surface area (Å²) in [5, 5.41) is 33.1. The molecule has 12 heteroatoms. The average Bonchev–Trinajstić information content (AvgIpc) is 3.86. The molecule has 48 heavy (non-hydrogen) atoms. The van der Waals surface area contributed by atoms with Crippen LogP contribution in [0.1, 0.15) is 29.5 Å². The lowest BCUT2D eigenvalue weighted by atomic mass is 10.0. The number of phenolic OH excluding ortho intramolecular Hbond substituents is 1. The van der Waals surface area contributed by atoms with Crippen molar-refractivity contribution in [3.63, 3.8) is 0 Å². The zero-order valence-corrected chi connectivity index (χ0v) is 26.2. The van der Waals surface area contributed by atoms with Gasteiger partial charge in [0, 0.05) is 53.5 Å². The monoisotopic (exact) mass is 650 g/mol. The number of carboxylic acid groups (broad SMARTS) is 1. The van der Waals surface area contributed by atoms with Crippen LogP contribution < -0.4 is 21.3 Å². The molecule has 0 saturated carbocycles. The molecule has 0 spiro atoms. The Kier molecular flexibility index (Phi) is 9.72. The summed E-state index contributed by atoms with van der Waals surface area (Å²) in [6.07, 6.45) is 5.18. The van der Waals surface area contributed by atoms with Crippen molar-refractivity contribution in [1.82, 2.24) is 31.2 Å². The maximum absolute atomic E-state index is 14.0. The standard InChI is InChI=1S/C36H38N6O6/c43-24-13-11-21(12-14-24)16-30(34(45)42-32(36(47)48)18-23-20-39-28-9-4-2-7-26(23)28)40-35(46)31(41-33(44)29-10-5-15-37-29)17-22-19-38-27-8-3-1-6-25(22)27/h1-4,6-9,11-14,19-20,29-32,37-39,43H,5,10,15-18H2,(H,40,46)(H,41,44)(H,42,45)(H,47,48). The number of hydrogen-bond donors (Lipinski definition) is 8. The summed E-state index contributed by atoms with van der Waals surface area (Å²) in [4.78, 5) is 59.8. The van der Waals surface area contributed by atoms with E-state index in [2.05, 4.69) is 31.2 Å². The minimum atomic E-state index is -1.29. The van der Waals surface area contributed by atoms with Gasteiger partial charge in [-0.25, -0.2) is 4.79 Å². The minimum absolute atomic E-state index is 0.00914. The van der Waals surface area contributed by atoms with Gasteiger partial charge in [-0.15, -0.1) is 0 Å². The topological polar surface area (TPSA) is 188 Å². The van der Waals surface area contributed by atoms with E-state index < -0.39 is 42.0 Å². The minimum Gasteiger partial charge on any atom is -0.508 e. The number of carbonyl (C=O) groups is 4. The SMILES string of the molecule is O=C(O)C(Cc1c[nH]c2ccccc12)NC(=O)C(Cc1ccc(O)cc1)NC(=O)C(Cc1c[nH]c2ccccc12)NC(=O)C1CCCN1. The molecule has 3 heterocycles. The van der Waals surface area contributed by atoms with Gasteiger partial charge in [-0.3, -0.25) is 14.4 Å². The number of phenols is 1. The number of fused-ring (bicyclic) bond motifs is 2. The van der Waals surface area contributed by atoms with Gasteiger partial charge in [0.05, 0.1) is 6.04 Å². The molecule has 12 nitrogen and oxygen atoms in total. The summed E-state index contributed by atoms with van der Waals surface area (Å²) >= 11 is 0. The number of aromatic nitrogens is 2. The van der Waals surface area contributed by atoms with Gasteiger partial charge in [-0.1, -0.05) is 48.5 Å². The van der Waals surface area contributed by atoms with E-state index in [9.17, 15) is 29.4 Å². The highest BCUT2D eigenvalue weighted by molar-refractivity contribution is 5.95. The molecule has 248 valence electrons. The fourth-order valence-electron chi connectivity index (χ4n) is 6.25. The molecule has 1 aliphatic heterocycles. The fraction of sp³-hybridized carbons (Fsp3) is 0.278. The Hall–Kier alpha value is -5.62. The van der Waals surface area contributed by atoms with Gasteiger partial charge < -0.3 is 41.4 Å². The van der Waals surface area contributed by atoms with Crippen LogP contribution >= 0.6 is 0 Å². The summed E-state index contributed by atoms with van der Waals surface area (Å²) in [5.41, 5.74) is 3.89. The Morgan fingerprint density at radius 2 is 1.25 bits per heavy atom. The molecule has 0 radical (unpaired) electrons. The third-order valence-corrected chi connectivity index (χ3v) is 8.83. The molecule has 6 rings (SSSR count). The van der Waals surface area contributed by atoms with Crippen molar-refractivity contribution in [3.05, 3.63) is 102 Å². The number of para-hydroxylation sites is 2. The van der Waals surface area contributed by atoms with E-state index in [4.69, 9.17) is 0 Å². The van der Waals surface area contributed by atoms with Gasteiger partial charge in [0.25, 0.3) is 0 Å². The summed E-state index contributed by atoms with van der Waals surface area (Å²) in [6.45, 7) is 0.704. The van der Waals surface area contributed by atoms with E-state index in [-0.39, 0.29) is 30.9 Å². The molecule has 4 unspecified atom stereocenters. The first kappa shape index (κ1) is 32.3. The van der Waals surface area contributed by atoms with E-state index in [0.29, 0.717) is 18.5 Å². The van der Waals surface area contributed by atoms with Gasteiger partial charge in [-0.2, -0.15) is 0 Å². The van der Waals surface area contributed by atoms with E-state index in [1.807, 2.05) is 48.5 Å². The van der Waals surface area contributed by atoms with Crippen LogP contribution in [-0.2, 0) is 38.4 Å². The first-order valence-corrected chi connectivity index (χ1v) is 16.0. The first-order valence-electron chi connectivity index (χ1n) is 16.0. The number of amides is 3. The third kappa shape index (κ3) is 7.50. The van der Waals surface area contributed by atoms with Crippen molar-refractivity contribution in [3.8, 4) is 5.75 Å². The number of nitrogens with one attached hydrogen (secondary N) is 6. The smallest absolute Gasteiger partial charge is 0.326 e. The molecular formula is C36H38N6O6. The Morgan fingerprint density at radius 1 is 0.708 bits per heavy atom. The predicted molar refractivity (Wildman–Crippen MR) is 180 cm³/mol. The normalized spacial score (nSPS) is 16.3. The maximum Gasteiger partial charge on any atom is 0.326 e. The van der Waals surface area contributed by atoms with Crippen molar-refractivity contribution in [2.45, 2.75) is 56.3 Å². The van der Waals surface area contributed by atoms with E-state index in [0.717, 1.165) is 39.4 Å². The Balaban J connectivity index is 1.25. The number of hydrogen-bond acceptors (Lipinski definition) is 6. The van der Waals surface area contributed by atoms with Crippen molar-refractivity contribution in [2.24, 2.45) is 0 Å². The molecule has 1 fully saturated rings. The lowest BCUT2D eigenvalue weighted by molar-refractivity contribution is -0.142. The Morgan fingerprint density at radius 3 is 1.81 bits per heavy atom. The molecule has 1 aliphatic rings. The van der Waals surface area contributed by atoms with Crippen LogP contribution in [-0.4, -0.2) is 74.6 Å². The third-order valence-electron chi connectivity index (χ3n) is 8.83. The summed E-state index contributed by atoms with van der Waals surface area (Å²) < 4.78 is 0. The molecule has 3 amide bonds. The summed E-state index contributed by atoms with van der Waals surface area (Å²) in [6, 6.07) is 17.4. The zero-order valence-electron chi connectivity index (χ0n) is 26.2. The number of carboxylic acids is 1. The second kappa shape index (κ2) is 14.4. The number of benzene rings is 3. The first-order chi connectivity index (χ1) is 23.2. The second-order valence-corrected chi connectivity index (χ2v) is 12.2. The molecule has 0 bridgehead atoms. The van der Waals surface area contributed by atoms with Gasteiger partial charge in [0.15, 0.2) is 0 Å². The number of aliphatic carboxylic acids is 1. The van der Waals surface area contributed by atoms with Crippen molar-refractivity contribution in [1.29, 1.82) is 0 Å². The quantitative estimate of drug-likeness (QED) is 0.0962. The van der Waals surface area contributed by atoms with Crippen molar-refractivity contribution in [2.75, 3.05) is 6.54 Å². The van der Waals surface area contributed by atoms with E-state index in [1.54, 1.807) is 24.5 Å². The van der Waals surface area contributed by atoms with E-state index >= 15 is 0 Å². The Bertz CT molecular complexity index is 1930. The lowest BCUT2D eigenvalue weighted by Crippen LogP contribution is -2.58. The molecule has 1 saturated heterocycles. The molecule has 0 aliphatic carbocycles. The number of aromatic hydroxyl groups is 1. The Labute approximate surface area is 276 Å². The molecule has 4 atom stereocenters. The number of rotatable bonds is 13. The molecule has 3 aromatic carbocycles. The van der Waals surface area contributed by atoms with Crippen LogP contribution in [0.2, 0.25) is 0 Å². The van der Waals surface area contributed by atoms with Crippen LogP contribution in [0.4, 0.5) is 0 Å². The highest BCUT2D eigenvalue weighted by Gasteiger charge is 2.32. The number of aromatic amines is 2. The lowest BCUT2D eigenvalue weighted by Gasteiger charge is -2.25. The number of carbonyl (C=O) groups excluding carboxylic acids is 3. The maximum atomic E-state index is 14.0. The van der Waals surface area contributed by atoms with Crippen LogP contribution in [0.5, 0.6) is 5.75 Å². The zero-order chi connectivity index (χ0) is 33.6. The fourth-order valence-corrected chi connectivity index (χ4v) is 6.25. The molecule has 2 aromatic heterocycles. The van der Waals surface area contributed by atoms with Crippen LogP contribution in [0, 0.1) is 0 Å². The van der Waals surface area contributed by atoms with E-state index in [1.165, 1.54) is 12.1 Å². The van der Waals surface area contributed by atoms with Gasteiger partial charge in [-0.05, 0) is 60.3 Å². The average molecular weight is 651 g/mol. The molecule has 8 N–H and O–H groups in total. The van der Waals surface area contributed by atoms with Crippen molar-refractivity contribution >= 4 is 45.5 Å². The van der Waals surface area contributed by atoms with Crippen LogP contribution in [0.15, 0.2) is 85.2 Å². The largest absolute Gasteiger partial charge is 0.508 e. The van der Waals surface area contributed by atoms with Gasteiger partial charge in [0.2, 0.25) is 17.7 Å². The summed E-state index contributed by atoms with van der Waals surface area (Å²) in [5.74, 6) is -2.78. The van der Waals surface area contributed by atoms with Gasteiger partial charge >= 0.3 is 5.97 Å². The van der Waals surface area contributed by atoms with Gasteiger partial charge in [0.1, 0.15) is 23.9 Å². The second-order valence-electron chi connectivity index (χ2n) is 12.2. The molecule has 5 aromatic rings. The van der Waals surface area contributed by atoms with Crippen LogP contribution in [0.3, 0.4) is 0 Å². The summed E-state index contributed by atoms with van der Waals surface area (Å²) in [7, 11) is 0. The number of H-pyrrole nitrogens is 2. The highest BCUT2D eigenvalue weighted by atomic mass is 16.4.